The molecule has 0 saturated heterocycles. The van der Waals surface area contributed by atoms with Gasteiger partial charge in [0.2, 0.25) is 0 Å². The van der Waals surface area contributed by atoms with E-state index in [-0.39, 0.29) is 0 Å². The number of rotatable bonds is 3. The van der Waals surface area contributed by atoms with E-state index in [9.17, 15) is 0 Å². The predicted octanol–water partition coefficient (Wildman–Crippen LogP) is 1.20. The highest BCUT2D eigenvalue weighted by Crippen LogP contribution is 2.14. The molecular formula is C10H15N3. The Morgan fingerprint density at radius 3 is 3.08 bits per heavy atom. The van der Waals surface area contributed by atoms with Gasteiger partial charge in [0, 0.05) is 12.7 Å². The molecule has 3 N–H and O–H groups in total. The molecule has 0 aliphatic rings. The highest BCUT2D eigenvalue weighted by atomic mass is 14.8. The maximum atomic E-state index is 5.83. The molecule has 1 heterocycles. The second-order valence-electron chi connectivity index (χ2n) is 2.89. The highest BCUT2D eigenvalue weighted by molar-refractivity contribution is 5.63. The number of likely N-dealkylation sites (N-methyl/N-ethyl adjacent to an activating group) is 1. The second-order valence-corrected chi connectivity index (χ2v) is 2.89. The van der Waals surface area contributed by atoms with Crippen LogP contribution < -0.4 is 11.1 Å². The van der Waals surface area contributed by atoms with Gasteiger partial charge in [0.05, 0.1) is 11.4 Å². The van der Waals surface area contributed by atoms with Crippen LogP contribution in [0.3, 0.4) is 0 Å². The van der Waals surface area contributed by atoms with Crippen LogP contribution in [-0.2, 0) is 0 Å². The average Bonchev–Trinajstić information content (AvgIpc) is 2.13. The first-order valence-electron chi connectivity index (χ1n) is 4.28. The number of anilines is 1. The van der Waals surface area contributed by atoms with Gasteiger partial charge in [-0.05, 0) is 31.7 Å². The van der Waals surface area contributed by atoms with Gasteiger partial charge in [0.15, 0.2) is 0 Å². The third-order valence-electron chi connectivity index (χ3n) is 1.84. The molecule has 0 aliphatic carbocycles. The number of hydrogen-bond donors (Lipinski definition) is 2. The van der Waals surface area contributed by atoms with Crippen LogP contribution >= 0.6 is 0 Å². The van der Waals surface area contributed by atoms with Crippen molar-refractivity contribution in [3.8, 4) is 0 Å². The van der Waals surface area contributed by atoms with Gasteiger partial charge in [-0.25, -0.2) is 0 Å². The Morgan fingerprint density at radius 1 is 1.62 bits per heavy atom. The summed E-state index contributed by atoms with van der Waals surface area (Å²) in [7, 11) is 1.90. The number of nitrogens with one attached hydrogen (secondary N) is 1. The molecule has 0 aliphatic heterocycles. The predicted molar refractivity (Wildman–Crippen MR) is 56.3 cm³/mol. The van der Waals surface area contributed by atoms with Crippen molar-refractivity contribution in [1.82, 2.24) is 10.3 Å². The number of nitrogen functional groups attached to an aromatic ring is 1. The standard InChI is InChI=1S/C10H15N3/c1-8-5-7-13-9(10(8)11)4-3-6-12-2/h3-5,7,12H,6,11H2,1-2H3. The minimum Gasteiger partial charge on any atom is -0.397 e. The van der Waals surface area contributed by atoms with Gasteiger partial charge >= 0.3 is 0 Å². The van der Waals surface area contributed by atoms with Crippen molar-refractivity contribution in [2.75, 3.05) is 19.3 Å². The fraction of sp³-hybridized carbons (Fsp3) is 0.300. The number of nitrogens with two attached hydrogens (primary N) is 1. The largest absolute Gasteiger partial charge is 0.397 e. The Morgan fingerprint density at radius 2 is 2.38 bits per heavy atom. The summed E-state index contributed by atoms with van der Waals surface area (Å²) in [6, 6.07) is 1.91. The van der Waals surface area contributed by atoms with Gasteiger partial charge in [-0.15, -0.1) is 0 Å². The number of aromatic nitrogens is 1. The lowest BCUT2D eigenvalue weighted by Gasteiger charge is -2.01. The fourth-order valence-electron chi connectivity index (χ4n) is 1.01. The Bertz CT molecular complexity index is 305. The molecule has 3 heteroatoms. The molecule has 1 aromatic heterocycles. The van der Waals surface area contributed by atoms with E-state index in [1.807, 2.05) is 32.2 Å². The van der Waals surface area contributed by atoms with Gasteiger partial charge in [-0.2, -0.15) is 0 Å². The summed E-state index contributed by atoms with van der Waals surface area (Å²) in [5, 5.41) is 3.02. The van der Waals surface area contributed by atoms with Crippen molar-refractivity contribution in [2.24, 2.45) is 0 Å². The van der Waals surface area contributed by atoms with Crippen molar-refractivity contribution in [3.05, 3.63) is 29.6 Å². The van der Waals surface area contributed by atoms with E-state index >= 15 is 0 Å². The van der Waals surface area contributed by atoms with Crippen LogP contribution in [0, 0.1) is 6.92 Å². The average molecular weight is 177 g/mol. The van der Waals surface area contributed by atoms with Crippen LogP contribution in [0.4, 0.5) is 5.69 Å². The number of pyridine rings is 1. The normalized spacial score (nSPS) is 10.9. The zero-order valence-electron chi connectivity index (χ0n) is 8.04. The van der Waals surface area contributed by atoms with Crippen LogP contribution in [0.25, 0.3) is 6.08 Å². The molecule has 0 saturated carbocycles. The van der Waals surface area contributed by atoms with E-state index in [2.05, 4.69) is 10.3 Å². The molecule has 1 rings (SSSR count). The molecule has 0 amide bonds. The number of hydrogen-bond acceptors (Lipinski definition) is 3. The van der Waals surface area contributed by atoms with Crippen molar-refractivity contribution in [2.45, 2.75) is 6.92 Å². The van der Waals surface area contributed by atoms with Crippen molar-refractivity contribution in [1.29, 1.82) is 0 Å². The molecule has 0 unspecified atom stereocenters. The monoisotopic (exact) mass is 177 g/mol. The molecular weight excluding hydrogens is 162 g/mol. The molecule has 0 bridgehead atoms. The molecule has 3 nitrogen and oxygen atoms in total. The maximum Gasteiger partial charge on any atom is 0.0858 e. The third-order valence-corrected chi connectivity index (χ3v) is 1.84. The lowest BCUT2D eigenvalue weighted by molar-refractivity contribution is 0.922. The lowest BCUT2D eigenvalue weighted by atomic mass is 10.2. The molecule has 13 heavy (non-hydrogen) atoms. The molecule has 0 spiro atoms. The first kappa shape index (κ1) is 9.74. The highest BCUT2D eigenvalue weighted by Gasteiger charge is 1.97. The third kappa shape index (κ3) is 2.56. The quantitative estimate of drug-likeness (QED) is 0.729. The first-order chi connectivity index (χ1) is 6.25. The van der Waals surface area contributed by atoms with Gasteiger partial charge in [0.25, 0.3) is 0 Å². The Balaban J connectivity index is 2.83. The zero-order chi connectivity index (χ0) is 9.68. The summed E-state index contributed by atoms with van der Waals surface area (Å²) in [6.07, 6.45) is 5.70. The van der Waals surface area contributed by atoms with Crippen LogP contribution in [0.15, 0.2) is 18.3 Å². The van der Waals surface area contributed by atoms with Crippen molar-refractivity contribution in [3.63, 3.8) is 0 Å². The lowest BCUT2D eigenvalue weighted by Crippen LogP contribution is -2.04. The van der Waals surface area contributed by atoms with E-state index in [1.54, 1.807) is 6.20 Å². The van der Waals surface area contributed by atoms with Gasteiger partial charge < -0.3 is 11.1 Å². The van der Waals surface area contributed by atoms with Gasteiger partial charge in [-0.1, -0.05) is 6.08 Å². The summed E-state index contributed by atoms with van der Waals surface area (Å²) < 4.78 is 0. The van der Waals surface area contributed by atoms with E-state index in [0.717, 1.165) is 23.5 Å². The molecule has 0 fully saturated rings. The van der Waals surface area contributed by atoms with Gasteiger partial charge in [0.1, 0.15) is 0 Å². The smallest absolute Gasteiger partial charge is 0.0858 e. The SMILES string of the molecule is CNCC=Cc1nccc(C)c1N. The van der Waals surface area contributed by atoms with Crippen LogP contribution in [0.1, 0.15) is 11.3 Å². The molecule has 0 atom stereocenters. The summed E-state index contributed by atoms with van der Waals surface area (Å²) in [4.78, 5) is 4.17. The number of aryl methyl sites for hydroxylation is 1. The Kier molecular flexibility index (Phi) is 3.46. The first-order valence-corrected chi connectivity index (χ1v) is 4.28. The van der Waals surface area contributed by atoms with E-state index < -0.39 is 0 Å². The summed E-state index contributed by atoms with van der Waals surface area (Å²) >= 11 is 0. The zero-order valence-corrected chi connectivity index (χ0v) is 8.04. The number of nitrogens with zero attached hydrogens (tertiary/aromatic N) is 1. The van der Waals surface area contributed by atoms with E-state index in [4.69, 9.17) is 5.73 Å². The fourth-order valence-corrected chi connectivity index (χ4v) is 1.01. The van der Waals surface area contributed by atoms with Crippen molar-refractivity contribution < 1.29 is 0 Å². The van der Waals surface area contributed by atoms with E-state index in [1.165, 1.54) is 0 Å². The molecule has 0 radical (unpaired) electrons. The van der Waals surface area contributed by atoms with Crippen molar-refractivity contribution >= 4 is 11.8 Å². The topological polar surface area (TPSA) is 50.9 Å². The second kappa shape index (κ2) is 4.62. The molecule has 0 aromatic carbocycles. The van der Waals surface area contributed by atoms with Crippen LogP contribution in [0.2, 0.25) is 0 Å². The summed E-state index contributed by atoms with van der Waals surface area (Å²) in [5.74, 6) is 0. The van der Waals surface area contributed by atoms with Gasteiger partial charge in [-0.3, -0.25) is 4.98 Å². The minimum atomic E-state index is 0.759. The Hall–Kier alpha value is -1.35. The van der Waals surface area contributed by atoms with E-state index in [0.29, 0.717) is 0 Å². The molecule has 1 aromatic rings. The minimum absolute atomic E-state index is 0.759. The van der Waals surface area contributed by atoms with Crippen LogP contribution in [-0.4, -0.2) is 18.6 Å². The molecule has 70 valence electrons. The summed E-state index contributed by atoms with van der Waals surface area (Å²) in [5.41, 5.74) is 8.50. The summed E-state index contributed by atoms with van der Waals surface area (Å²) in [6.45, 7) is 2.81. The Labute approximate surface area is 78.7 Å². The van der Waals surface area contributed by atoms with Crippen LogP contribution in [0.5, 0.6) is 0 Å². The maximum absolute atomic E-state index is 5.83.